The monoisotopic (exact) mass is 301 g/mol. The van der Waals surface area contributed by atoms with E-state index >= 15 is 0 Å². The van der Waals surface area contributed by atoms with Gasteiger partial charge < -0.3 is 4.90 Å². The van der Waals surface area contributed by atoms with Gasteiger partial charge in [0.25, 0.3) is 0 Å². The summed E-state index contributed by atoms with van der Waals surface area (Å²) in [5.41, 5.74) is 8.29. The normalized spacial score (nSPS) is 21.4. The van der Waals surface area contributed by atoms with Crippen LogP contribution in [0.4, 0.5) is 5.69 Å². The van der Waals surface area contributed by atoms with Gasteiger partial charge in [0.1, 0.15) is 0 Å². The van der Waals surface area contributed by atoms with E-state index in [1.807, 2.05) is 0 Å². The molecule has 1 aliphatic carbocycles. The fourth-order valence-corrected chi connectivity index (χ4v) is 3.68. The standard InChI is InChI=1S/C22H23N/c1-2-3-7-17-14-21-12-10-20-15-19(18-8-5-4-6-9-18)11-13-22(20)23(21)16-17/h2-3,7-8,10-15H,4-6,9,16H2,1H3/b3-2-,17-7-. The van der Waals surface area contributed by atoms with E-state index in [9.17, 15) is 0 Å². The topological polar surface area (TPSA) is 3.24 Å². The molecule has 0 saturated heterocycles. The van der Waals surface area contributed by atoms with Gasteiger partial charge in [-0.05, 0) is 79.2 Å². The van der Waals surface area contributed by atoms with Crippen LogP contribution in [-0.4, -0.2) is 6.54 Å². The van der Waals surface area contributed by atoms with Crippen LogP contribution in [0.2, 0.25) is 0 Å². The van der Waals surface area contributed by atoms with Crippen LogP contribution in [0.3, 0.4) is 0 Å². The first kappa shape index (κ1) is 14.3. The van der Waals surface area contributed by atoms with E-state index in [-0.39, 0.29) is 0 Å². The number of hydrogen-bond acceptors (Lipinski definition) is 1. The van der Waals surface area contributed by atoms with Gasteiger partial charge in [0.15, 0.2) is 0 Å². The van der Waals surface area contributed by atoms with Crippen molar-refractivity contribution < 1.29 is 0 Å². The zero-order valence-electron chi connectivity index (χ0n) is 13.8. The van der Waals surface area contributed by atoms with E-state index in [1.165, 1.54) is 59.3 Å². The molecule has 1 aromatic carbocycles. The lowest BCUT2D eigenvalue weighted by Crippen LogP contribution is -2.21. The molecule has 23 heavy (non-hydrogen) atoms. The first-order chi connectivity index (χ1) is 11.3. The molecule has 116 valence electrons. The Morgan fingerprint density at radius 1 is 1.13 bits per heavy atom. The van der Waals surface area contributed by atoms with E-state index < -0.39 is 0 Å². The minimum absolute atomic E-state index is 0.971. The zero-order chi connectivity index (χ0) is 15.6. The van der Waals surface area contributed by atoms with Gasteiger partial charge in [-0.2, -0.15) is 0 Å². The molecule has 0 atom stereocenters. The van der Waals surface area contributed by atoms with E-state index in [2.05, 4.69) is 72.6 Å². The molecule has 1 aromatic rings. The second-order valence-electron chi connectivity index (χ2n) is 6.50. The molecular weight excluding hydrogens is 278 g/mol. The smallest absolute Gasteiger partial charge is 0.0487 e. The highest BCUT2D eigenvalue weighted by Crippen LogP contribution is 2.38. The number of anilines is 1. The number of benzene rings is 1. The Morgan fingerprint density at radius 2 is 2.09 bits per heavy atom. The quantitative estimate of drug-likeness (QED) is 0.659. The third-order valence-electron chi connectivity index (χ3n) is 4.90. The van der Waals surface area contributed by atoms with Gasteiger partial charge in [-0.1, -0.05) is 36.4 Å². The highest BCUT2D eigenvalue weighted by Gasteiger charge is 2.23. The second-order valence-corrected chi connectivity index (χ2v) is 6.50. The van der Waals surface area contributed by atoms with E-state index in [1.54, 1.807) is 0 Å². The van der Waals surface area contributed by atoms with Crippen molar-refractivity contribution in [2.75, 3.05) is 11.4 Å². The summed E-state index contributed by atoms with van der Waals surface area (Å²) in [5.74, 6) is 0. The third-order valence-corrected chi connectivity index (χ3v) is 4.90. The van der Waals surface area contributed by atoms with Crippen molar-refractivity contribution in [3.8, 4) is 0 Å². The summed E-state index contributed by atoms with van der Waals surface area (Å²) in [6.07, 6.45) is 20.8. The highest BCUT2D eigenvalue weighted by molar-refractivity contribution is 5.82. The number of nitrogens with zero attached hydrogens (tertiary/aromatic N) is 1. The maximum Gasteiger partial charge on any atom is 0.0487 e. The number of allylic oxidation sites excluding steroid dienone is 6. The Hall–Kier alpha value is -2.28. The fraction of sp³-hybridized carbons (Fsp3) is 0.273. The first-order valence-corrected chi connectivity index (χ1v) is 8.68. The van der Waals surface area contributed by atoms with Crippen LogP contribution >= 0.6 is 0 Å². The molecule has 1 nitrogen and oxygen atoms in total. The SMILES string of the molecule is C/C=C\C=C1\C=C2C=Cc3cc(C4=CCCCC4)ccc3N2C1. The van der Waals surface area contributed by atoms with Crippen molar-refractivity contribution in [2.24, 2.45) is 0 Å². The van der Waals surface area contributed by atoms with Gasteiger partial charge in [-0.3, -0.25) is 0 Å². The molecule has 0 bridgehead atoms. The maximum atomic E-state index is 2.43. The molecule has 4 rings (SSSR count). The van der Waals surface area contributed by atoms with Crippen molar-refractivity contribution in [1.29, 1.82) is 0 Å². The van der Waals surface area contributed by atoms with Crippen molar-refractivity contribution in [1.82, 2.24) is 0 Å². The van der Waals surface area contributed by atoms with E-state index in [0.717, 1.165) is 6.54 Å². The molecule has 1 heteroatoms. The molecule has 0 fully saturated rings. The summed E-state index contributed by atoms with van der Waals surface area (Å²) in [7, 11) is 0. The van der Waals surface area contributed by atoms with Crippen LogP contribution in [0.5, 0.6) is 0 Å². The summed E-state index contributed by atoms with van der Waals surface area (Å²) in [6.45, 7) is 3.03. The van der Waals surface area contributed by atoms with Crippen LogP contribution in [0.15, 0.2) is 65.9 Å². The van der Waals surface area contributed by atoms with Gasteiger partial charge >= 0.3 is 0 Å². The average molecular weight is 301 g/mol. The summed E-state index contributed by atoms with van der Waals surface area (Å²) in [5, 5.41) is 0. The van der Waals surface area contributed by atoms with Crippen LogP contribution in [0, 0.1) is 0 Å². The molecule has 0 radical (unpaired) electrons. The average Bonchev–Trinajstić information content (AvgIpc) is 3.03. The number of rotatable bonds is 2. The van der Waals surface area contributed by atoms with Gasteiger partial charge in [0, 0.05) is 17.9 Å². The molecule has 2 aliphatic heterocycles. The molecule has 0 aromatic heterocycles. The highest BCUT2D eigenvalue weighted by atomic mass is 15.2. The summed E-state index contributed by atoms with van der Waals surface area (Å²) >= 11 is 0. The maximum absolute atomic E-state index is 2.43. The Morgan fingerprint density at radius 3 is 2.91 bits per heavy atom. The summed E-state index contributed by atoms with van der Waals surface area (Å²) in [6, 6.07) is 6.98. The Kier molecular flexibility index (Phi) is 3.78. The molecule has 0 spiro atoms. The van der Waals surface area contributed by atoms with E-state index in [0.29, 0.717) is 0 Å². The van der Waals surface area contributed by atoms with E-state index in [4.69, 9.17) is 0 Å². The van der Waals surface area contributed by atoms with Crippen LogP contribution in [0.25, 0.3) is 11.6 Å². The summed E-state index contributed by atoms with van der Waals surface area (Å²) < 4.78 is 0. The fourth-order valence-electron chi connectivity index (χ4n) is 3.68. The number of hydrogen-bond donors (Lipinski definition) is 0. The van der Waals surface area contributed by atoms with Crippen LogP contribution < -0.4 is 4.90 Å². The Labute approximate surface area is 139 Å². The first-order valence-electron chi connectivity index (χ1n) is 8.68. The minimum Gasteiger partial charge on any atom is -0.336 e. The van der Waals surface area contributed by atoms with Crippen LogP contribution in [-0.2, 0) is 0 Å². The molecule has 0 saturated carbocycles. The number of fused-ring (bicyclic) bond motifs is 3. The zero-order valence-corrected chi connectivity index (χ0v) is 13.8. The van der Waals surface area contributed by atoms with Gasteiger partial charge in [0.2, 0.25) is 0 Å². The Bertz CT molecular complexity index is 771. The largest absolute Gasteiger partial charge is 0.336 e. The minimum atomic E-state index is 0.971. The van der Waals surface area contributed by atoms with Crippen molar-refractivity contribution in [3.63, 3.8) is 0 Å². The predicted molar refractivity (Wildman–Crippen MR) is 100 cm³/mol. The lowest BCUT2D eigenvalue weighted by Gasteiger charge is -2.27. The molecule has 2 heterocycles. The van der Waals surface area contributed by atoms with Crippen molar-refractivity contribution >= 4 is 17.3 Å². The molecule has 3 aliphatic rings. The molecule has 0 N–H and O–H groups in total. The molecule has 0 amide bonds. The second kappa shape index (κ2) is 6.08. The van der Waals surface area contributed by atoms with Gasteiger partial charge in [0.05, 0.1) is 0 Å². The Balaban J connectivity index is 1.66. The lowest BCUT2D eigenvalue weighted by molar-refractivity contribution is 0.742. The predicted octanol–water partition coefficient (Wildman–Crippen LogP) is 5.88. The molecule has 0 unspecified atom stereocenters. The van der Waals surface area contributed by atoms with Gasteiger partial charge in [-0.15, -0.1) is 0 Å². The van der Waals surface area contributed by atoms with Crippen molar-refractivity contribution in [3.05, 3.63) is 77.1 Å². The van der Waals surface area contributed by atoms with Crippen molar-refractivity contribution in [2.45, 2.75) is 32.6 Å². The van der Waals surface area contributed by atoms with Crippen LogP contribution in [0.1, 0.15) is 43.7 Å². The van der Waals surface area contributed by atoms with Gasteiger partial charge in [-0.25, -0.2) is 0 Å². The third kappa shape index (κ3) is 2.72. The summed E-state index contributed by atoms with van der Waals surface area (Å²) in [4.78, 5) is 2.42. The lowest BCUT2D eigenvalue weighted by atomic mass is 9.91. The molecular formula is C22H23N.